The highest BCUT2D eigenvalue weighted by Gasteiger charge is 2.35. The lowest BCUT2D eigenvalue weighted by molar-refractivity contribution is -0.131. The summed E-state index contributed by atoms with van der Waals surface area (Å²) in [4.78, 5) is 28.2. The number of thiophene rings is 1. The Bertz CT molecular complexity index is 1110. The Balaban J connectivity index is 1.35. The van der Waals surface area contributed by atoms with E-state index in [4.69, 9.17) is 4.42 Å². The standard InChI is InChI=1S/C23H22N4O3S/c28-22-10-3-11-26(22)18-7-2-1-6-16(18)24-15-23(29)27-19(20-8-4-12-30-20)14-17(25-27)21-9-5-13-31-21/h1-2,4-9,12-13,19,24H,3,10-11,14-15H2/t19-/m1/s1. The zero-order valence-electron chi connectivity index (χ0n) is 16.9. The maximum Gasteiger partial charge on any atom is 0.262 e. The number of hydrazone groups is 1. The molecule has 8 heteroatoms. The second-order valence-electron chi connectivity index (χ2n) is 7.52. The fourth-order valence-electron chi connectivity index (χ4n) is 4.05. The highest BCUT2D eigenvalue weighted by Crippen LogP contribution is 2.34. The molecule has 0 bridgehead atoms. The molecule has 1 N–H and O–H groups in total. The molecule has 0 spiro atoms. The lowest BCUT2D eigenvalue weighted by atomic mass is 10.1. The first-order chi connectivity index (χ1) is 15.2. The summed E-state index contributed by atoms with van der Waals surface area (Å²) in [5.74, 6) is 0.672. The van der Waals surface area contributed by atoms with E-state index < -0.39 is 0 Å². The van der Waals surface area contributed by atoms with Crippen molar-refractivity contribution in [1.82, 2.24) is 5.01 Å². The molecule has 1 aromatic carbocycles. The average Bonchev–Trinajstić information content (AvgIpc) is 3.58. The summed E-state index contributed by atoms with van der Waals surface area (Å²) in [7, 11) is 0. The van der Waals surface area contributed by atoms with Crippen molar-refractivity contribution >= 4 is 40.2 Å². The summed E-state index contributed by atoms with van der Waals surface area (Å²) in [5.41, 5.74) is 2.46. The lowest BCUT2D eigenvalue weighted by Gasteiger charge is -2.22. The van der Waals surface area contributed by atoms with Crippen LogP contribution in [0.4, 0.5) is 11.4 Å². The van der Waals surface area contributed by atoms with E-state index in [0.717, 1.165) is 28.4 Å². The smallest absolute Gasteiger partial charge is 0.262 e. The minimum absolute atomic E-state index is 0.0669. The van der Waals surface area contributed by atoms with Crippen LogP contribution in [0.3, 0.4) is 0 Å². The van der Waals surface area contributed by atoms with Gasteiger partial charge >= 0.3 is 0 Å². The van der Waals surface area contributed by atoms with Crippen molar-refractivity contribution in [2.75, 3.05) is 23.3 Å². The van der Waals surface area contributed by atoms with Crippen molar-refractivity contribution in [3.63, 3.8) is 0 Å². The number of rotatable bonds is 6. The van der Waals surface area contributed by atoms with Crippen LogP contribution in [-0.4, -0.2) is 35.6 Å². The van der Waals surface area contributed by atoms with E-state index in [0.29, 0.717) is 25.1 Å². The molecule has 1 atom stereocenters. The van der Waals surface area contributed by atoms with E-state index in [1.54, 1.807) is 22.5 Å². The molecular formula is C23H22N4O3S. The zero-order valence-corrected chi connectivity index (χ0v) is 17.7. The number of nitrogens with one attached hydrogen (secondary N) is 1. The lowest BCUT2D eigenvalue weighted by Crippen LogP contribution is -2.32. The Hall–Kier alpha value is -3.39. The van der Waals surface area contributed by atoms with E-state index >= 15 is 0 Å². The highest BCUT2D eigenvalue weighted by atomic mass is 32.1. The van der Waals surface area contributed by atoms with Gasteiger partial charge in [0.05, 0.1) is 34.8 Å². The van der Waals surface area contributed by atoms with Crippen molar-refractivity contribution in [1.29, 1.82) is 0 Å². The Labute approximate surface area is 184 Å². The Morgan fingerprint density at radius 1 is 1.19 bits per heavy atom. The number of amides is 2. The Morgan fingerprint density at radius 3 is 2.84 bits per heavy atom. The van der Waals surface area contributed by atoms with Gasteiger partial charge in [-0.1, -0.05) is 18.2 Å². The number of furan rings is 1. The van der Waals surface area contributed by atoms with Crippen molar-refractivity contribution in [2.24, 2.45) is 5.10 Å². The van der Waals surface area contributed by atoms with Gasteiger partial charge in [0.25, 0.3) is 5.91 Å². The van der Waals surface area contributed by atoms with Gasteiger partial charge in [-0.25, -0.2) is 5.01 Å². The molecule has 31 heavy (non-hydrogen) atoms. The van der Waals surface area contributed by atoms with Gasteiger partial charge in [0.2, 0.25) is 5.91 Å². The van der Waals surface area contributed by atoms with Crippen molar-refractivity contribution < 1.29 is 14.0 Å². The number of benzene rings is 1. The summed E-state index contributed by atoms with van der Waals surface area (Å²) >= 11 is 1.61. The molecule has 1 fully saturated rings. The molecule has 0 saturated carbocycles. The monoisotopic (exact) mass is 434 g/mol. The van der Waals surface area contributed by atoms with Gasteiger partial charge in [-0.15, -0.1) is 11.3 Å². The van der Waals surface area contributed by atoms with Gasteiger partial charge < -0.3 is 14.6 Å². The molecule has 2 aromatic heterocycles. The summed E-state index contributed by atoms with van der Waals surface area (Å²) in [5, 5.41) is 11.4. The normalized spacial score (nSPS) is 18.5. The Morgan fingerprint density at radius 2 is 2.10 bits per heavy atom. The third-order valence-corrected chi connectivity index (χ3v) is 6.46. The van der Waals surface area contributed by atoms with Gasteiger partial charge in [0.15, 0.2) is 0 Å². The zero-order chi connectivity index (χ0) is 21.2. The van der Waals surface area contributed by atoms with E-state index in [-0.39, 0.29) is 24.4 Å². The molecule has 7 nitrogen and oxygen atoms in total. The van der Waals surface area contributed by atoms with Crippen LogP contribution >= 0.6 is 11.3 Å². The number of hydrogen-bond donors (Lipinski definition) is 1. The third-order valence-electron chi connectivity index (χ3n) is 5.54. The van der Waals surface area contributed by atoms with E-state index in [1.807, 2.05) is 53.9 Å². The fourth-order valence-corrected chi connectivity index (χ4v) is 4.77. The second kappa shape index (κ2) is 8.39. The molecule has 0 aliphatic carbocycles. The van der Waals surface area contributed by atoms with Gasteiger partial charge in [0, 0.05) is 19.4 Å². The van der Waals surface area contributed by atoms with Crippen molar-refractivity contribution in [2.45, 2.75) is 25.3 Å². The number of para-hydroxylation sites is 2. The molecule has 158 valence electrons. The fraction of sp³-hybridized carbons (Fsp3) is 0.261. The number of hydrogen-bond acceptors (Lipinski definition) is 6. The van der Waals surface area contributed by atoms with Crippen LogP contribution < -0.4 is 10.2 Å². The van der Waals surface area contributed by atoms with Crippen molar-refractivity contribution in [3.05, 3.63) is 70.8 Å². The first-order valence-corrected chi connectivity index (χ1v) is 11.2. The summed E-state index contributed by atoms with van der Waals surface area (Å²) in [6, 6.07) is 15.0. The molecule has 2 amide bonds. The minimum atomic E-state index is -0.267. The summed E-state index contributed by atoms with van der Waals surface area (Å²) in [6.07, 6.45) is 3.64. The molecule has 2 aliphatic heterocycles. The average molecular weight is 435 g/mol. The van der Waals surface area contributed by atoms with Gasteiger partial charge in [-0.3, -0.25) is 9.59 Å². The third kappa shape index (κ3) is 3.86. The molecule has 3 aromatic rings. The van der Waals surface area contributed by atoms with E-state index in [9.17, 15) is 9.59 Å². The Kier molecular flexibility index (Phi) is 5.30. The topological polar surface area (TPSA) is 78.2 Å². The molecule has 5 rings (SSSR count). The van der Waals surface area contributed by atoms with Crippen LogP contribution in [0.2, 0.25) is 0 Å². The van der Waals surface area contributed by atoms with Crippen LogP contribution in [-0.2, 0) is 9.59 Å². The van der Waals surface area contributed by atoms with Crippen LogP contribution in [0.25, 0.3) is 0 Å². The molecule has 2 aliphatic rings. The molecule has 1 saturated heterocycles. The van der Waals surface area contributed by atoms with Crippen LogP contribution in [0.15, 0.2) is 69.7 Å². The predicted octanol–water partition coefficient (Wildman–Crippen LogP) is 4.26. The minimum Gasteiger partial charge on any atom is -0.467 e. The number of nitrogens with zero attached hydrogens (tertiary/aromatic N) is 3. The van der Waals surface area contributed by atoms with Crippen LogP contribution in [0.1, 0.15) is 35.9 Å². The van der Waals surface area contributed by atoms with E-state index in [2.05, 4.69) is 10.4 Å². The summed E-state index contributed by atoms with van der Waals surface area (Å²) in [6.45, 7) is 0.768. The number of carbonyl (C=O) groups is 2. The summed E-state index contributed by atoms with van der Waals surface area (Å²) < 4.78 is 5.60. The number of carbonyl (C=O) groups excluding carboxylic acids is 2. The second-order valence-corrected chi connectivity index (χ2v) is 8.46. The molecule has 0 radical (unpaired) electrons. The van der Waals surface area contributed by atoms with E-state index in [1.165, 1.54) is 5.01 Å². The quantitative estimate of drug-likeness (QED) is 0.629. The van der Waals surface area contributed by atoms with Gasteiger partial charge in [-0.2, -0.15) is 5.10 Å². The van der Waals surface area contributed by atoms with Crippen LogP contribution in [0, 0.1) is 0 Å². The van der Waals surface area contributed by atoms with Crippen molar-refractivity contribution in [3.8, 4) is 0 Å². The van der Waals surface area contributed by atoms with Gasteiger partial charge in [0.1, 0.15) is 11.8 Å². The molecular weight excluding hydrogens is 412 g/mol. The first-order valence-electron chi connectivity index (χ1n) is 10.3. The predicted molar refractivity (Wildman–Crippen MR) is 120 cm³/mol. The number of anilines is 2. The maximum absolute atomic E-state index is 13.2. The molecule has 4 heterocycles. The highest BCUT2D eigenvalue weighted by molar-refractivity contribution is 7.12. The van der Waals surface area contributed by atoms with Gasteiger partial charge in [-0.05, 0) is 42.1 Å². The maximum atomic E-state index is 13.2. The molecule has 0 unspecified atom stereocenters. The van der Waals surface area contributed by atoms with Crippen LogP contribution in [0.5, 0.6) is 0 Å². The SMILES string of the molecule is O=C1CCCN1c1ccccc1NCC(=O)N1N=C(c2cccs2)C[C@@H]1c1ccco1. The largest absolute Gasteiger partial charge is 0.467 e. The first kappa shape index (κ1) is 19.6.